The second kappa shape index (κ2) is 10.3. The molecule has 1 heterocycles. The molecule has 0 atom stereocenters. The molecule has 0 aliphatic heterocycles. The van der Waals surface area contributed by atoms with Gasteiger partial charge < -0.3 is 15.2 Å². The summed E-state index contributed by atoms with van der Waals surface area (Å²) >= 11 is 1.27. The van der Waals surface area contributed by atoms with Crippen molar-refractivity contribution in [3.05, 3.63) is 17.0 Å². The topological polar surface area (TPSA) is 90.6 Å². The number of nitrogens with one attached hydrogen (secondary N) is 1. The minimum atomic E-state index is -3.39. The van der Waals surface area contributed by atoms with Crippen molar-refractivity contribution in [2.24, 2.45) is 5.73 Å². The number of hydrogen-bond donors (Lipinski definition) is 2. The SMILES string of the molecule is COCCOCCCCNS(=O)(=O)c1ccc(CCN)s1. The molecule has 3 N–H and O–H groups in total. The third-order valence-corrected chi connectivity index (χ3v) is 5.83. The monoisotopic (exact) mass is 336 g/mol. The van der Waals surface area contributed by atoms with Gasteiger partial charge in [0, 0.05) is 25.1 Å². The van der Waals surface area contributed by atoms with Gasteiger partial charge in [-0.05, 0) is 37.9 Å². The smallest absolute Gasteiger partial charge is 0.250 e. The van der Waals surface area contributed by atoms with Crippen molar-refractivity contribution < 1.29 is 17.9 Å². The largest absolute Gasteiger partial charge is 0.382 e. The molecule has 0 fully saturated rings. The van der Waals surface area contributed by atoms with Gasteiger partial charge in [-0.2, -0.15) is 0 Å². The van der Waals surface area contributed by atoms with E-state index in [1.807, 2.05) is 6.07 Å². The molecule has 6 nitrogen and oxygen atoms in total. The molecular weight excluding hydrogens is 312 g/mol. The molecule has 0 unspecified atom stereocenters. The lowest BCUT2D eigenvalue weighted by Crippen LogP contribution is -2.24. The summed E-state index contributed by atoms with van der Waals surface area (Å²) in [7, 11) is -1.77. The molecule has 0 aliphatic rings. The van der Waals surface area contributed by atoms with Crippen LogP contribution in [0.5, 0.6) is 0 Å². The van der Waals surface area contributed by atoms with E-state index in [1.54, 1.807) is 13.2 Å². The first-order chi connectivity index (χ1) is 10.1. The number of sulfonamides is 1. The van der Waals surface area contributed by atoms with E-state index in [1.165, 1.54) is 11.3 Å². The van der Waals surface area contributed by atoms with Crippen molar-refractivity contribution in [1.82, 2.24) is 4.72 Å². The average molecular weight is 336 g/mol. The summed E-state index contributed by atoms with van der Waals surface area (Å²) in [6.07, 6.45) is 2.27. The fraction of sp³-hybridized carbons (Fsp3) is 0.692. The molecule has 1 aromatic rings. The van der Waals surface area contributed by atoms with Gasteiger partial charge in [-0.25, -0.2) is 13.1 Å². The number of thiophene rings is 1. The molecule has 122 valence electrons. The molecule has 8 heteroatoms. The predicted molar refractivity (Wildman–Crippen MR) is 84.2 cm³/mol. The summed E-state index contributed by atoms with van der Waals surface area (Å²) in [6, 6.07) is 3.45. The van der Waals surface area contributed by atoms with Gasteiger partial charge in [0.25, 0.3) is 0 Å². The molecule has 0 aromatic carbocycles. The number of ether oxygens (including phenoxy) is 2. The van der Waals surface area contributed by atoms with Crippen molar-refractivity contribution in [1.29, 1.82) is 0 Å². The Morgan fingerprint density at radius 3 is 2.76 bits per heavy atom. The summed E-state index contributed by atoms with van der Waals surface area (Å²) < 4.78 is 37.2. The van der Waals surface area contributed by atoms with Gasteiger partial charge in [0.2, 0.25) is 10.0 Å². The van der Waals surface area contributed by atoms with E-state index in [0.717, 1.165) is 17.7 Å². The summed E-state index contributed by atoms with van der Waals surface area (Å²) in [5.74, 6) is 0. The first kappa shape index (κ1) is 18.5. The van der Waals surface area contributed by atoms with Crippen LogP contribution >= 0.6 is 11.3 Å². The van der Waals surface area contributed by atoms with E-state index in [4.69, 9.17) is 15.2 Å². The Balaban J connectivity index is 2.23. The standard InChI is InChI=1S/C13H24N2O4S2/c1-18-10-11-19-9-3-2-8-15-21(16,17)13-5-4-12(20-13)6-7-14/h4-5,15H,2-3,6-11,14H2,1H3. The average Bonchev–Trinajstić information content (AvgIpc) is 2.92. The highest BCUT2D eigenvalue weighted by molar-refractivity contribution is 7.91. The highest BCUT2D eigenvalue weighted by atomic mass is 32.2. The third-order valence-electron chi connectivity index (χ3n) is 2.73. The maximum Gasteiger partial charge on any atom is 0.250 e. The van der Waals surface area contributed by atoms with E-state index in [9.17, 15) is 8.42 Å². The zero-order valence-corrected chi connectivity index (χ0v) is 14.0. The second-order valence-corrected chi connectivity index (χ2v) is 7.63. The van der Waals surface area contributed by atoms with Crippen molar-refractivity contribution in [2.45, 2.75) is 23.5 Å². The first-order valence-electron chi connectivity index (χ1n) is 6.95. The molecule has 0 bridgehead atoms. The molecule has 0 radical (unpaired) electrons. The number of rotatable bonds is 12. The van der Waals surface area contributed by atoms with Gasteiger partial charge >= 0.3 is 0 Å². The van der Waals surface area contributed by atoms with Gasteiger partial charge in [0.1, 0.15) is 4.21 Å². The fourth-order valence-electron chi connectivity index (χ4n) is 1.63. The van der Waals surface area contributed by atoms with E-state index >= 15 is 0 Å². The zero-order valence-electron chi connectivity index (χ0n) is 12.3. The molecule has 0 amide bonds. The normalized spacial score (nSPS) is 11.9. The van der Waals surface area contributed by atoms with Gasteiger partial charge in [-0.1, -0.05) is 0 Å². The summed E-state index contributed by atoms with van der Waals surface area (Å²) in [4.78, 5) is 0.990. The molecule has 1 rings (SSSR count). The van der Waals surface area contributed by atoms with Crippen LogP contribution in [0.3, 0.4) is 0 Å². The van der Waals surface area contributed by atoms with Crippen LogP contribution < -0.4 is 10.5 Å². The summed E-state index contributed by atoms with van der Waals surface area (Å²) in [5, 5.41) is 0. The van der Waals surface area contributed by atoms with Crippen LogP contribution in [-0.2, 0) is 25.9 Å². The highest BCUT2D eigenvalue weighted by Gasteiger charge is 2.15. The first-order valence-corrected chi connectivity index (χ1v) is 9.25. The van der Waals surface area contributed by atoms with E-state index in [2.05, 4.69) is 4.72 Å². The quantitative estimate of drug-likeness (QED) is 0.555. The zero-order chi connectivity index (χ0) is 15.6. The predicted octanol–water partition coefficient (Wildman–Crippen LogP) is 0.971. The highest BCUT2D eigenvalue weighted by Crippen LogP contribution is 2.21. The Morgan fingerprint density at radius 2 is 2.05 bits per heavy atom. The van der Waals surface area contributed by atoms with Gasteiger partial charge in [0.15, 0.2) is 0 Å². The van der Waals surface area contributed by atoms with Gasteiger partial charge in [-0.15, -0.1) is 11.3 Å². The Labute approximate surface area is 130 Å². The molecular formula is C13H24N2O4S2. The molecule has 0 aliphatic carbocycles. The van der Waals surface area contributed by atoms with Crippen LogP contribution in [-0.4, -0.2) is 48.4 Å². The lowest BCUT2D eigenvalue weighted by atomic mass is 10.3. The van der Waals surface area contributed by atoms with Gasteiger partial charge in [-0.3, -0.25) is 0 Å². The molecule has 0 saturated carbocycles. The second-order valence-electron chi connectivity index (χ2n) is 4.47. The van der Waals surface area contributed by atoms with Crippen LogP contribution in [0.4, 0.5) is 0 Å². The minimum absolute atomic E-state index is 0.349. The van der Waals surface area contributed by atoms with Crippen molar-refractivity contribution >= 4 is 21.4 Å². The maximum atomic E-state index is 12.0. The Kier molecular flexibility index (Phi) is 9.05. The van der Waals surface area contributed by atoms with Crippen LogP contribution in [0.25, 0.3) is 0 Å². The van der Waals surface area contributed by atoms with Crippen LogP contribution in [0.1, 0.15) is 17.7 Å². The van der Waals surface area contributed by atoms with Crippen molar-refractivity contribution in [2.75, 3.05) is 40.0 Å². The van der Waals surface area contributed by atoms with Gasteiger partial charge in [0.05, 0.1) is 13.2 Å². The number of hydrogen-bond acceptors (Lipinski definition) is 6. The third kappa shape index (κ3) is 7.35. The van der Waals surface area contributed by atoms with E-state index in [-0.39, 0.29) is 0 Å². The lowest BCUT2D eigenvalue weighted by Gasteiger charge is -2.05. The Bertz CT molecular complexity index is 488. The summed E-state index contributed by atoms with van der Waals surface area (Å²) in [5.41, 5.74) is 5.46. The van der Waals surface area contributed by atoms with Crippen LogP contribution in [0.2, 0.25) is 0 Å². The fourth-order valence-corrected chi connectivity index (χ4v) is 4.12. The lowest BCUT2D eigenvalue weighted by molar-refractivity contribution is 0.0689. The Hall–Kier alpha value is -0.510. The van der Waals surface area contributed by atoms with Crippen LogP contribution in [0, 0.1) is 0 Å². The summed E-state index contributed by atoms with van der Waals surface area (Å²) in [6.45, 7) is 2.71. The number of methoxy groups -OCH3 is 1. The van der Waals surface area contributed by atoms with Crippen molar-refractivity contribution in [3.63, 3.8) is 0 Å². The van der Waals surface area contributed by atoms with E-state index in [0.29, 0.717) is 43.5 Å². The van der Waals surface area contributed by atoms with Crippen molar-refractivity contribution in [3.8, 4) is 0 Å². The molecule has 0 saturated heterocycles. The van der Waals surface area contributed by atoms with Crippen LogP contribution in [0.15, 0.2) is 16.3 Å². The molecule has 0 spiro atoms. The molecule has 1 aromatic heterocycles. The minimum Gasteiger partial charge on any atom is -0.382 e. The molecule has 21 heavy (non-hydrogen) atoms. The number of unbranched alkanes of at least 4 members (excludes halogenated alkanes) is 1. The van der Waals surface area contributed by atoms with E-state index < -0.39 is 10.0 Å². The maximum absolute atomic E-state index is 12.0. The number of nitrogens with two attached hydrogens (primary N) is 1. The Morgan fingerprint density at radius 1 is 1.24 bits per heavy atom.